The maximum Gasteiger partial charge on any atom is 0.240 e. The van der Waals surface area contributed by atoms with Crippen molar-refractivity contribution in [2.45, 2.75) is 18.9 Å². The van der Waals surface area contributed by atoms with Gasteiger partial charge in [0.1, 0.15) is 6.54 Å². The highest BCUT2D eigenvalue weighted by Gasteiger charge is 2.24. The molecule has 8 nitrogen and oxygen atoms in total. The van der Waals surface area contributed by atoms with Gasteiger partial charge in [-0.2, -0.15) is 0 Å². The van der Waals surface area contributed by atoms with E-state index in [2.05, 4.69) is 5.32 Å². The van der Waals surface area contributed by atoms with Gasteiger partial charge in [-0.05, 0) is 25.0 Å². The standard InChI is InChI=1S/C15H20N2O6S/c1-24(19,20)17(9-15(18)16-8-12-3-2-6-21-12)11-4-5-13-14(7-11)23-10-22-13/h4-5,7,12H,2-3,6,8-10H2,1H3,(H,16,18). The second-order valence-electron chi connectivity index (χ2n) is 5.75. The van der Waals surface area contributed by atoms with Gasteiger partial charge < -0.3 is 19.5 Å². The molecule has 24 heavy (non-hydrogen) atoms. The van der Waals surface area contributed by atoms with Gasteiger partial charge in [-0.3, -0.25) is 9.10 Å². The highest BCUT2D eigenvalue weighted by atomic mass is 32.2. The Morgan fingerprint density at radius 1 is 1.33 bits per heavy atom. The number of carbonyl (C=O) groups excluding carboxylic acids is 1. The Hall–Kier alpha value is -2.00. The molecule has 1 amide bonds. The molecular weight excluding hydrogens is 336 g/mol. The van der Waals surface area contributed by atoms with Gasteiger partial charge in [0.2, 0.25) is 22.7 Å². The lowest BCUT2D eigenvalue weighted by molar-refractivity contribution is -0.120. The first-order chi connectivity index (χ1) is 11.4. The third kappa shape index (κ3) is 3.90. The number of rotatable bonds is 6. The Bertz CT molecular complexity index is 715. The van der Waals surface area contributed by atoms with Crippen LogP contribution in [-0.2, 0) is 19.6 Å². The topological polar surface area (TPSA) is 94.2 Å². The predicted molar refractivity (Wildman–Crippen MR) is 86.7 cm³/mol. The quantitative estimate of drug-likeness (QED) is 0.797. The molecule has 1 aromatic rings. The van der Waals surface area contributed by atoms with Gasteiger partial charge in [0.15, 0.2) is 11.5 Å². The van der Waals surface area contributed by atoms with Crippen LogP contribution in [0.25, 0.3) is 0 Å². The van der Waals surface area contributed by atoms with Gasteiger partial charge in [0.25, 0.3) is 0 Å². The zero-order chi connectivity index (χ0) is 17.2. The summed E-state index contributed by atoms with van der Waals surface area (Å²) >= 11 is 0. The zero-order valence-corrected chi connectivity index (χ0v) is 14.2. The molecule has 0 radical (unpaired) electrons. The molecule has 1 aromatic carbocycles. The van der Waals surface area contributed by atoms with E-state index >= 15 is 0 Å². The van der Waals surface area contributed by atoms with E-state index in [1.807, 2.05) is 0 Å². The minimum absolute atomic E-state index is 0.00572. The molecule has 9 heteroatoms. The van der Waals surface area contributed by atoms with E-state index in [4.69, 9.17) is 14.2 Å². The highest BCUT2D eigenvalue weighted by molar-refractivity contribution is 7.92. The fourth-order valence-corrected chi connectivity index (χ4v) is 3.51. The molecule has 3 rings (SSSR count). The Balaban J connectivity index is 1.69. The fraction of sp³-hybridized carbons (Fsp3) is 0.533. The average Bonchev–Trinajstić information content (AvgIpc) is 3.19. The van der Waals surface area contributed by atoms with Gasteiger partial charge in [0.05, 0.1) is 18.0 Å². The van der Waals surface area contributed by atoms with Crippen LogP contribution in [-0.4, -0.2) is 53.2 Å². The van der Waals surface area contributed by atoms with Crippen LogP contribution in [0, 0.1) is 0 Å². The van der Waals surface area contributed by atoms with Crippen LogP contribution in [0.3, 0.4) is 0 Å². The third-order valence-electron chi connectivity index (χ3n) is 3.88. The van der Waals surface area contributed by atoms with E-state index in [0.717, 1.165) is 23.4 Å². The summed E-state index contributed by atoms with van der Waals surface area (Å²) in [5, 5.41) is 2.72. The van der Waals surface area contributed by atoms with Crippen LogP contribution in [0.4, 0.5) is 5.69 Å². The van der Waals surface area contributed by atoms with Crippen molar-refractivity contribution in [1.82, 2.24) is 5.32 Å². The Morgan fingerprint density at radius 2 is 2.12 bits per heavy atom. The van der Waals surface area contributed by atoms with E-state index < -0.39 is 10.0 Å². The number of ether oxygens (including phenoxy) is 3. The van der Waals surface area contributed by atoms with Crippen molar-refractivity contribution in [3.63, 3.8) is 0 Å². The molecule has 132 valence electrons. The van der Waals surface area contributed by atoms with Crippen LogP contribution < -0.4 is 19.1 Å². The number of hydrogen-bond donors (Lipinski definition) is 1. The zero-order valence-electron chi connectivity index (χ0n) is 13.4. The number of amides is 1. The first kappa shape index (κ1) is 16.8. The van der Waals surface area contributed by atoms with Crippen molar-refractivity contribution in [1.29, 1.82) is 0 Å². The number of benzene rings is 1. The molecule has 1 N–H and O–H groups in total. The first-order valence-electron chi connectivity index (χ1n) is 7.69. The van der Waals surface area contributed by atoms with Gasteiger partial charge in [0, 0.05) is 19.2 Å². The van der Waals surface area contributed by atoms with Crippen molar-refractivity contribution in [3.05, 3.63) is 18.2 Å². The summed E-state index contributed by atoms with van der Waals surface area (Å²) < 4.78 is 41.1. The van der Waals surface area contributed by atoms with E-state index in [0.29, 0.717) is 30.3 Å². The number of nitrogens with zero attached hydrogens (tertiary/aromatic N) is 1. The normalized spacial score (nSPS) is 19.3. The number of nitrogens with one attached hydrogen (secondary N) is 1. The predicted octanol–water partition coefficient (Wildman–Crippen LogP) is 0.476. The smallest absolute Gasteiger partial charge is 0.240 e. The monoisotopic (exact) mass is 356 g/mol. The van der Waals surface area contributed by atoms with Crippen LogP contribution in [0.1, 0.15) is 12.8 Å². The van der Waals surface area contributed by atoms with Crippen molar-refractivity contribution < 1.29 is 27.4 Å². The van der Waals surface area contributed by atoms with Crippen molar-refractivity contribution in [2.24, 2.45) is 0 Å². The summed E-state index contributed by atoms with van der Waals surface area (Å²) in [5.74, 6) is 0.629. The first-order valence-corrected chi connectivity index (χ1v) is 9.54. The summed E-state index contributed by atoms with van der Waals surface area (Å²) in [7, 11) is -3.62. The second-order valence-corrected chi connectivity index (χ2v) is 7.65. The van der Waals surface area contributed by atoms with E-state index in [9.17, 15) is 13.2 Å². The summed E-state index contributed by atoms with van der Waals surface area (Å²) in [6.45, 7) is 0.884. The second kappa shape index (κ2) is 6.86. The number of hydrogen-bond acceptors (Lipinski definition) is 6. The molecule has 0 saturated carbocycles. The molecule has 1 atom stereocenters. The summed E-state index contributed by atoms with van der Waals surface area (Å²) in [6, 6.07) is 4.76. The molecule has 2 heterocycles. The number of fused-ring (bicyclic) bond motifs is 1. The van der Waals surface area contributed by atoms with E-state index in [1.54, 1.807) is 18.2 Å². The Kier molecular flexibility index (Phi) is 4.81. The number of sulfonamides is 1. The Labute approximate surface area is 140 Å². The SMILES string of the molecule is CS(=O)(=O)N(CC(=O)NCC1CCCO1)c1ccc2c(c1)OCO2. The molecule has 2 aliphatic rings. The molecule has 2 aliphatic heterocycles. The third-order valence-corrected chi connectivity index (χ3v) is 5.02. The van der Waals surface area contributed by atoms with Crippen molar-refractivity contribution in [3.8, 4) is 11.5 Å². The lowest BCUT2D eigenvalue weighted by Crippen LogP contribution is -2.42. The molecule has 0 bridgehead atoms. The van der Waals surface area contributed by atoms with Gasteiger partial charge >= 0.3 is 0 Å². The molecule has 1 fully saturated rings. The Morgan fingerprint density at radius 3 is 2.83 bits per heavy atom. The summed E-state index contributed by atoms with van der Waals surface area (Å²) in [4.78, 5) is 12.1. The largest absolute Gasteiger partial charge is 0.454 e. The molecular formula is C15H20N2O6S. The minimum Gasteiger partial charge on any atom is -0.454 e. The van der Waals surface area contributed by atoms with Crippen molar-refractivity contribution >= 4 is 21.6 Å². The maximum absolute atomic E-state index is 12.1. The van der Waals surface area contributed by atoms with Gasteiger partial charge in [-0.15, -0.1) is 0 Å². The van der Waals surface area contributed by atoms with Crippen LogP contribution in [0.15, 0.2) is 18.2 Å². The van der Waals surface area contributed by atoms with Crippen molar-refractivity contribution in [2.75, 3.05) is 37.1 Å². The number of carbonyl (C=O) groups is 1. The van der Waals surface area contributed by atoms with Gasteiger partial charge in [-0.25, -0.2) is 8.42 Å². The lowest BCUT2D eigenvalue weighted by Gasteiger charge is -2.22. The van der Waals surface area contributed by atoms with Crippen LogP contribution in [0.5, 0.6) is 11.5 Å². The minimum atomic E-state index is -3.62. The molecule has 0 aromatic heterocycles. The maximum atomic E-state index is 12.1. The summed E-state index contributed by atoms with van der Waals surface area (Å²) in [5.41, 5.74) is 0.356. The fourth-order valence-electron chi connectivity index (χ4n) is 2.66. The van der Waals surface area contributed by atoms with E-state index in [1.165, 1.54) is 0 Å². The van der Waals surface area contributed by atoms with Crippen LogP contribution in [0.2, 0.25) is 0 Å². The summed E-state index contributed by atoms with van der Waals surface area (Å²) in [6.07, 6.45) is 2.95. The van der Waals surface area contributed by atoms with Gasteiger partial charge in [-0.1, -0.05) is 0 Å². The van der Waals surface area contributed by atoms with Crippen LogP contribution >= 0.6 is 0 Å². The molecule has 1 saturated heterocycles. The molecule has 0 aliphatic carbocycles. The highest BCUT2D eigenvalue weighted by Crippen LogP contribution is 2.36. The average molecular weight is 356 g/mol. The van der Waals surface area contributed by atoms with E-state index in [-0.39, 0.29) is 25.3 Å². The lowest BCUT2D eigenvalue weighted by atomic mass is 10.2. The molecule has 0 spiro atoms. The number of anilines is 1. The molecule has 1 unspecified atom stereocenters.